The van der Waals surface area contributed by atoms with Crippen molar-refractivity contribution in [3.63, 3.8) is 0 Å². The number of carboxylic acid groups (broad SMARTS) is 1. The van der Waals surface area contributed by atoms with Gasteiger partial charge in [0.25, 0.3) is 5.69 Å². The summed E-state index contributed by atoms with van der Waals surface area (Å²) in [6, 6.07) is 4.81. The summed E-state index contributed by atoms with van der Waals surface area (Å²) in [5.74, 6) is -0.941. The van der Waals surface area contributed by atoms with Crippen molar-refractivity contribution in [3.05, 3.63) is 39.4 Å². The summed E-state index contributed by atoms with van der Waals surface area (Å²) >= 11 is 0. The normalized spacial score (nSPS) is 10.8. The van der Waals surface area contributed by atoms with E-state index in [0.29, 0.717) is 25.3 Å². The predicted octanol–water partition coefficient (Wildman–Crippen LogP) is 1.44. The number of nitro benzene ring substituents is 1. The maximum absolute atomic E-state index is 10.9. The zero-order valence-electron chi connectivity index (χ0n) is 11.5. The molecule has 0 spiro atoms. The van der Waals surface area contributed by atoms with Crippen LogP contribution in [0.2, 0.25) is 0 Å². The molecule has 0 heterocycles. The van der Waals surface area contributed by atoms with Gasteiger partial charge < -0.3 is 9.84 Å². The summed E-state index contributed by atoms with van der Waals surface area (Å²) in [4.78, 5) is 23.0. The Kier molecular flexibility index (Phi) is 6.08. The standard InChI is InChI=1S/C13H18N2O5/c1-10-11(4-3-5-12(10)15(18)19)8-14(6-7-20-2)9-13(16)17/h3-5H,6-9H2,1-2H3,(H,16,17). The first-order valence-corrected chi connectivity index (χ1v) is 6.11. The van der Waals surface area contributed by atoms with Crippen LogP contribution in [0, 0.1) is 17.0 Å². The van der Waals surface area contributed by atoms with Gasteiger partial charge in [-0.05, 0) is 12.5 Å². The summed E-state index contributed by atoms with van der Waals surface area (Å²) in [5.41, 5.74) is 1.35. The van der Waals surface area contributed by atoms with E-state index < -0.39 is 10.9 Å². The average molecular weight is 282 g/mol. The molecule has 7 nitrogen and oxygen atoms in total. The van der Waals surface area contributed by atoms with Gasteiger partial charge in [0.1, 0.15) is 0 Å². The first-order valence-electron chi connectivity index (χ1n) is 6.11. The van der Waals surface area contributed by atoms with Gasteiger partial charge in [-0.2, -0.15) is 0 Å². The van der Waals surface area contributed by atoms with Gasteiger partial charge in [-0.1, -0.05) is 12.1 Å². The molecule has 110 valence electrons. The van der Waals surface area contributed by atoms with Crippen molar-refractivity contribution in [2.45, 2.75) is 13.5 Å². The third-order valence-electron chi connectivity index (χ3n) is 2.98. The molecule has 0 aliphatic heterocycles. The fourth-order valence-electron chi connectivity index (χ4n) is 1.91. The number of aliphatic carboxylic acids is 1. The van der Waals surface area contributed by atoms with Crippen LogP contribution in [0.25, 0.3) is 0 Å². The lowest BCUT2D eigenvalue weighted by molar-refractivity contribution is -0.385. The molecular formula is C13H18N2O5. The lowest BCUT2D eigenvalue weighted by atomic mass is 10.1. The Morgan fingerprint density at radius 2 is 2.20 bits per heavy atom. The van der Waals surface area contributed by atoms with Crippen molar-refractivity contribution < 1.29 is 19.6 Å². The van der Waals surface area contributed by atoms with Crippen LogP contribution in [-0.2, 0) is 16.1 Å². The second-order valence-corrected chi connectivity index (χ2v) is 4.42. The van der Waals surface area contributed by atoms with Crippen molar-refractivity contribution in [2.75, 3.05) is 26.8 Å². The zero-order valence-corrected chi connectivity index (χ0v) is 11.5. The molecule has 0 aliphatic rings. The third-order valence-corrected chi connectivity index (χ3v) is 2.98. The second kappa shape index (κ2) is 7.56. The number of rotatable bonds is 8. The van der Waals surface area contributed by atoms with E-state index in [2.05, 4.69) is 0 Å². The molecule has 0 amide bonds. The quantitative estimate of drug-likeness (QED) is 0.573. The third kappa shape index (κ3) is 4.60. The van der Waals surface area contributed by atoms with Crippen LogP contribution in [0.5, 0.6) is 0 Å². The van der Waals surface area contributed by atoms with Gasteiger partial charge in [-0.15, -0.1) is 0 Å². The number of methoxy groups -OCH3 is 1. The van der Waals surface area contributed by atoms with Crippen molar-refractivity contribution in [2.24, 2.45) is 0 Å². The number of carbonyl (C=O) groups is 1. The van der Waals surface area contributed by atoms with E-state index in [1.54, 1.807) is 24.0 Å². The van der Waals surface area contributed by atoms with Crippen molar-refractivity contribution in [1.82, 2.24) is 4.90 Å². The molecule has 7 heteroatoms. The first kappa shape index (κ1) is 16.1. The number of carboxylic acids is 1. The summed E-state index contributed by atoms with van der Waals surface area (Å²) in [7, 11) is 1.54. The van der Waals surface area contributed by atoms with Gasteiger partial charge in [-0.25, -0.2) is 0 Å². The van der Waals surface area contributed by atoms with Gasteiger partial charge in [0.2, 0.25) is 0 Å². The highest BCUT2D eigenvalue weighted by Crippen LogP contribution is 2.22. The van der Waals surface area contributed by atoms with Gasteiger partial charge in [-0.3, -0.25) is 19.8 Å². The number of nitro groups is 1. The zero-order chi connectivity index (χ0) is 15.1. The molecule has 1 aromatic rings. The summed E-state index contributed by atoms with van der Waals surface area (Å²) < 4.78 is 4.94. The van der Waals surface area contributed by atoms with Crippen LogP contribution in [-0.4, -0.2) is 47.7 Å². The lowest BCUT2D eigenvalue weighted by Gasteiger charge is -2.20. The fraction of sp³-hybridized carbons (Fsp3) is 0.462. The molecule has 0 saturated carbocycles. The fourth-order valence-corrected chi connectivity index (χ4v) is 1.91. The molecule has 20 heavy (non-hydrogen) atoms. The number of benzene rings is 1. The predicted molar refractivity (Wildman–Crippen MR) is 72.6 cm³/mol. The molecule has 0 saturated heterocycles. The number of hydrogen-bond acceptors (Lipinski definition) is 5. The summed E-state index contributed by atoms with van der Waals surface area (Å²) in [6.45, 7) is 2.73. The van der Waals surface area contributed by atoms with Crippen LogP contribution in [0.3, 0.4) is 0 Å². The molecule has 0 fully saturated rings. The molecule has 0 aliphatic carbocycles. The van der Waals surface area contributed by atoms with E-state index >= 15 is 0 Å². The summed E-state index contributed by atoms with van der Waals surface area (Å²) in [5, 5.41) is 19.8. The van der Waals surface area contributed by atoms with Crippen molar-refractivity contribution in [3.8, 4) is 0 Å². The molecule has 0 bridgehead atoms. The lowest BCUT2D eigenvalue weighted by Crippen LogP contribution is -2.32. The van der Waals surface area contributed by atoms with Crippen LogP contribution in [0.15, 0.2) is 18.2 Å². The van der Waals surface area contributed by atoms with Gasteiger partial charge in [0.15, 0.2) is 0 Å². The highest BCUT2D eigenvalue weighted by Gasteiger charge is 2.16. The maximum Gasteiger partial charge on any atom is 0.317 e. The topological polar surface area (TPSA) is 92.9 Å². The van der Waals surface area contributed by atoms with E-state index in [4.69, 9.17) is 9.84 Å². The van der Waals surface area contributed by atoms with Gasteiger partial charge in [0.05, 0.1) is 18.1 Å². The minimum atomic E-state index is -0.941. The number of nitrogens with zero attached hydrogens (tertiary/aromatic N) is 2. The molecule has 1 rings (SSSR count). The minimum Gasteiger partial charge on any atom is -0.480 e. The Labute approximate surface area is 116 Å². The molecule has 1 aromatic carbocycles. The molecule has 0 unspecified atom stereocenters. The van der Waals surface area contributed by atoms with E-state index in [0.717, 1.165) is 5.56 Å². The van der Waals surface area contributed by atoms with E-state index in [9.17, 15) is 14.9 Å². The van der Waals surface area contributed by atoms with E-state index in [-0.39, 0.29) is 12.2 Å². The number of hydrogen-bond donors (Lipinski definition) is 1. The number of ether oxygens (including phenoxy) is 1. The van der Waals surface area contributed by atoms with Gasteiger partial charge >= 0.3 is 5.97 Å². The molecule has 1 N–H and O–H groups in total. The Bertz CT molecular complexity index is 490. The first-order chi connectivity index (χ1) is 9.45. The van der Waals surface area contributed by atoms with Crippen molar-refractivity contribution >= 4 is 11.7 Å². The Balaban J connectivity index is 2.89. The van der Waals surface area contributed by atoms with Crippen molar-refractivity contribution in [1.29, 1.82) is 0 Å². The largest absolute Gasteiger partial charge is 0.480 e. The molecule has 0 atom stereocenters. The van der Waals surface area contributed by atoms with Crippen LogP contribution in [0.1, 0.15) is 11.1 Å². The van der Waals surface area contributed by atoms with E-state index in [1.165, 1.54) is 13.2 Å². The Morgan fingerprint density at radius 1 is 1.50 bits per heavy atom. The SMILES string of the molecule is COCCN(CC(=O)O)Cc1cccc([N+](=O)[O-])c1C. The minimum absolute atomic E-state index is 0.0458. The van der Waals surface area contributed by atoms with Crippen LogP contribution in [0.4, 0.5) is 5.69 Å². The highest BCUT2D eigenvalue weighted by atomic mass is 16.6. The highest BCUT2D eigenvalue weighted by molar-refractivity contribution is 5.69. The Morgan fingerprint density at radius 3 is 2.75 bits per heavy atom. The molecule has 0 aromatic heterocycles. The van der Waals surface area contributed by atoms with Gasteiger partial charge in [0, 0.05) is 31.8 Å². The second-order valence-electron chi connectivity index (χ2n) is 4.42. The van der Waals surface area contributed by atoms with E-state index in [1.807, 2.05) is 0 Å². The summed E-state index contributed by atoms with van der Waals surface area (Å²) in [6.07, 6.45) is 0. The monoisotopic (exact) mass is 282 g/mol. The maximum atomic E-state index is 10.9. The van der Waals surface area contributed by atoms with Crippen LogP contribution >= 0.6 is 0 Å². The smallest absolute Gasteiger partial charge is 0.317 e. The average Bonchev–Trinajstić information content (AvgIpc) is 2.37. The molecular weight excluding hydrogens is 264 g/mol. The van der Waals surface area contributed by atoms with Crippen LogP contribution < -0.4 is 0 Å². The molecule has 0 radical (unpaired) electrons. The Hall–Kier alpha value is -1.99.